The summed E-state index contributed by atoms with van der Waals surface area (Å²) in [4.78, 5) is 39.9. The molecule has 0 unspecified atom stereocenters. The van der Waals surface area contributed by atoms with E-state index in [2.05, 4.69) is 0 Å². The molecule has 1 heterocycles. The maximum absolute atomic E-state index is 13.3. The van der Waals surface area contributed by atoms with Crippen LogP contribution in [0.4, 0.5) is 23.7 Å². The lowest BCUT2D eigenvalue weighted by Crippen LogP contribution is -2.47. The third-order valence-electron chi connectivity index (χ3n) is 4.58. The summed E-state index contributed by atoms with van der Waals surface area (Å²) in [6.07, 6.45) is -4.86. The number of imide groups is 2. The van der Waals surface area contributed by atoms with Crippen molar-refractivity contribution in [1.82, 2.24) is 4.90 Å². The number of alkyl halides is 3. The number of rotatable bonds is 2. The Morgan fingerprint density at radius 2 is 1.69 bits per heavy atom. The Bertz CT molecular complexity index is 1060. The van der Waals surface area contributed by atoms with Gasteiger partial charge in [-0.3, -0.25) is 9.59 Å². The molecular weight excluding hydrogens is 387 g/mol. The van der Waals surface area contributed by atoms with Gasteiger partial charge in [0.2, 0.25) is 0 Å². The molecule has 6 nitrogen and oxygen atoms in total. The summed E-state index contributed by atoms with van der Waals surface area (Å²) >= 11 is 0. The number of hydrogen-bond acceptors (Lipinski definition) is 4. The molecule has 0 radical (unpaired) electrons. The summed E-state index contributed by atoms with van der Waals surface area (Å²) in [6.45, 7) is 2.67. The van der Waals surface area contributed by atoms with Gasteiger partial charge in [0.1, 0.15) is 5.54 Å². The highest BCUT2D eigenvalue weighted by molar-refractivity contribution is 6.28. The zero-order valence-corrected chi connectivity index (χ0v) is 15.3. The Morgan fingerprint density at radius 3 is 2.24 bits per heavy atom. The lowest BCUT2D eigenvalue weighted by molar-refractivity contribution is -0.137. The topological polar surface area (TPSA) is 81.5 Å². The van der Waals surface area contributed by atoms with E-state index in [0.717, 1.165) is 17.0 Å². The molecule has 0 spiro atoms. The largest absolute Gasteiger partial charge is 0.417 e. The number of nitrogens with zero attached hydrogens (tertiary/aromatic N) is 3. The second-order valence-corrected chi connectivity index (χ2v) is 6.83. The first kappa shape index (κ1) is 20.1. The second-order valence-electron chi connectivity index (χ2n) is 6.83. The molecule has 148 valence electrons. The second kappa shape index (κ2) is 6.74. The minimum absolute atomic E-state index is 0.152. The van der Waals surface area contributed by atoms with Crippen molar-refractivity contribution < 1.29 is 27.6 Å². The molecule has 2 aromatic rings. The molecular formula is C20H14F3N3O3. The molecule has 29 heavy (non-hydrogen) atoms. The van der Waals surface area contributed by atoms with E-state index in [0.29, 0.717) is 11.0 Å². The lowest BCUT2D eigenvalue weighted by Gasteiger charge is -2.25. The maximum Gasteiger partial charge on any atom is 0.417 e. The Labute approximate surface area is 163 Å². The molecule has 0 aromatic heterocycles. The van der Waals surface area contributed by atoms with E-state index in [4.69, 9.17) is 5.26 Å². The SMILES string of the molecule is CC1(C)C(=O)N(c2ccc(C#N)c(C(F)(F)F)c2)C(=O)N1C(=O)c1ccccc1. The molecule has 2 aromatic carbocycles. The van der Waals surface area contributed by atoms with Gasteiger partial charge in [-0.25, -0.2) is 14.6 Å². The summed E-state index contributed by atoms with van der Waals surface area (Å²) in [5, 5.41) is 8.92. The van der Waals surface area contributed by atoms with Crippen LogP contribution < -0.4 is 4.90 Å². The van der Waals surface area contributed by atoms with Crippen molar-refractivity contribution in [3.63, 3.8) is 0 Å². The molecule has 0 aliphatic carbocycles. The normalized spacial score (nSPS) is 16.1. The predicted octanol–water partition coefficient (Wildman–Crippen LogP) is 3.96. The maximum atomic E-state index is 13.3. The molecule has 1 fully saturated rings. The number of carbonyl (C=O) groups excluding carboxylic acids is 3. The first-order valence-corrected chi connectivity index (χ1v) is 8.39. The van der Waals surface area contributed by atoms with Gasteiger partial charge in [0.15, 0.2) is 0 Å². The fourth-order valence-corrected chi connectivity index (χ4v) is 3.08. The van der Waals surface area contributed by atoms with E-state index in [1.807, 2.05) is 0 Å². The number of halogens is 3. The fourth-order valence-electron chi connectivity index (χ4n) is 3.08. The van der Waals surface area contributed by atoms with E-state index < -0.39 is 40.7 Å². The van der Waals surface area contributed by atoms with Crippen molar-refractivity contribution >= 4 is 23.5 Å². The van der Waals surface area contributed by atoms with Gasteiger partial charge in [-0.15, -0.1) is 0 Å². The van der Waals surface area contributed by atoms with Crippen LogP contribution in [0.2, 0.25) is 0 Å². The van der Waals surface area contributed by atoms with Crippen molar-refractivity contribution in [2.24, 2.45) is 0 Å². The zero-order chi connectivity index (χ0) is 21.6. The molecule has 1 aliphatic heterocycles. The third-order valence-corrected chi connectivity index (χ3v) is 4.58. The molecule has 0 saturated carbocycles. The monoisotopic (exact) mass is 401 g/mol. The zero-order valence-electron chi connectivity index (χ0n) is 15.3. The number of nitriles is 1. The number of amides is 4. The molecule has 0 N–H and O–H groups in total. The van der Waals surface area contributed by atoms with Crippen LogP contribution in [0.15, 0.2) is 48.5 Å². The molecule has 1 aliphatic rings. The standard InChI is InChI=1S/C20H14F3N3O3/c1-19(2)17(28)25(14-9-8-13(11-24)15(10-14)20(21,22)23)18(29)26(19)16(27)12-6-4-3-5-7-12/h3-10H,1-2H3. The third kappa shape index (κ3) is 3.23. The van der Waals surface area contributed by atoms with Crippen molar-refractivity contribution in [2.75, 3.05) is 4.90 Å². The van der Waals surface area contributed by atoms with E-state index in [1.54, 1.807) is 18.2 Å². The van der Waals surface area contributed by atoms with Crippen molar-refractivity contribution in [1.29, 1.82) is 5.26 Å². The van der Waals surface area contributed by atoms with E-state index in [9.17, 15) is 27.6 Å². The van der Waals surface area contributed by atoms with Crippen LogP contribution in [0.5, 0.6) is 0 Å². The number of urea groups is 1. The van der Waals surface area contributed by atoms with E-state index >= 15 is 0 Å². The first-order valence-electron chi connectivity index (χ1n) is 8.39. The highest BCUT2D eigenvalue weighted by Crippen LogP contribution is 2.38. The Morgan fingerprint density at radius 1 is 1.07 bits per heavy atom. The van der Waals surface area contributed by atoms with Crippen molar-refractivity contribution in [3.8, 4) is 6.07 Å². The summed E-state index contributed by atoms with van der Waals surface area (Å²) in [7, 11) is 0. The van der Waals surface area contributed by atoms with Gasteiger partial charge in [0.25, 0.3) is 11.8 Å². The average molecular weight is 401 g/mol. The van der Waals surface area contributed by atoms with Gasteiger partial charge >= 0.3 is 12.2 Å². The Kier molecular flexibility index (Phi) is 4.66. The molecule has 1 saturated heterocycles. The summed E-state index contributed by atoms with van der Waals surface area (Å²) < 4.78 is 39.8. The van der Waals surface area contributed by atoms with Crippen LogP contribution in [0.25, 0.3) is 0 Å². The van der Waals surface area contributed by atoms with Crippen LogP contribution in [-0.2, 0) is 11.0 Å². The molecule has 0 atom stereocenters. The fraction of sp³-hybridized carbons (Fsp3) is 0.200. The van der Waals surface area contributed by atoms with Gasteiger partial charge in [0.05, 0.1) is 22.9 Å². The van der Waals surface area contributed by atoms with Crippen LogP contribution in [0.3, 0.4) is 0 Å². The van der Waals surface area contributed by atoms with Gasteiger partial charge in [-0.05, 0) is 44.2 Å². The summed E-state index contributed by atoms with van der Waals surface area (Å²) in [6, 6.07) is 10.6. The molecule has 0 bridgehead atoms. The quantitative estimate of drug-likeness (QED) is 0.714. The lowest BCUT2D eigenvalue weighted by atomic mass is 10.0. The number of benzene rings is 2. The number of anilines is 1. The van der Waals surface area contributed by atoms with Gasteiger partial charge in [0, 0.05) is 5.56 Å². The molecule has 3 rings (SSSR count). The smallest absolute Gasteiger partial charge is 0.271 e. The van der Waals surface area contributed by atoms with Gasteiger partial charge < -0.3 is 0 Å². The van der Waals surface area contributed by atoms with E-state index in [-0.39, 0.29) is 11.3 Å². The van der Waals surface area contributed by atoms with Crippen LogP contribution in [-0.4, -0.2) is 28.3 Å². The number of carbonyl (C=O) groups is 3. The van der Waals surface area contributed by atoms with E-state index in [1.165, 1.54) is 32.0 Å². The summed E-state index contributed by atoms with van der Waals surface area (Å²) in [5.74, 6) is -1.61. The minimum atomic E-state index is -4.86. The minimum Gasteiger partial charge on any atom is -0.271 e. The van der Waals surface area contributed by atoms with Crippen molar-refractivity contribution in [2.45, 2.75) is 25.6 Å². The first-order chi connectivity index (χ1) is 13.5. The highest BCUT2D eigenvalue weighted by Gasteiger charge is 2.55. The molecule has 4 amide bonds. The Hall–Kier alpha value is -3.67. The number of hydrogen-bond donors (Lipinski definition) is 0. The summed E-state index contributed by atoms with van der Waals surface area (Å²) in [5.41, 5.74) is -3.75. The van der Waals surface area contributed by atoms with Crippen molar-refractivity contribution in [3.05, 3.63) is 65.2 Å². The predicted molar refractivity (Wildman–Crippen MR) is 95.7 cm³/mol. The van der Waals surface area contributed by atoms with Crippen LogP contribution in [0, 0.1) is 11.3 Å². The van der Waals surface area contributed by atoms with Gasteiger partial charge in [-0.2, -0.15) is 18.4 Å². The average Bonchev–Trinajstić information content (AvgIpc) is 2.85. The van der Waals surface area contributed by atoms with Gasteiger partial charge in [-0.1, -0.05) is 18.2 Å². The molecule has 9 heteroatoms. The highest BCUT2D eigenvalue weighted by atomic mass is 19.4. The Balaban J connectivity index is 2.09. The van der Waals surface area contributed by atoms with Crippen LogP contribution >= 0.6 is 0 Å². The van der Waals surface area contributed by atoms with Crippen LogP contribution in [0.1, 0.15) is 35.3 Å².